The number of carbonyl (C=O) groups is 2. The van der Waals surface area contributed by atoms with Gasteiger partial charge in [-0.2, -0.15) is 0 Å². The molecule has 0 radical (unpaired) electrons. The van der Waals surface area contributed by atoms with Crippen LogP contribution in [0.15, 0.2) is 103 Å². The van der Waals surface area contributed by atoms with Crippen LogP contribution >= 0.6 is 0 Å². The Kier molecular flexibility index (Phi) is 8.10. The van der Waals surface area contributed by atoms with E-state index in [0.29, 0.717) is 16.8 Å². The van der Waals surface area contributed by atoms with Crippen molar-refractivity contribution in [2.75, 3.05) is 7.11 Å². The molecule has 9 heteroatoms. The van der Waals surface area contributed by atoms with Crippen molar-refractivity contribution in [1.29, 1.82) is 0 Å². The third-order valence-electron chi connectivity index (χ3n) is 6.61. The van der Waals surface area contributed by atoms with Crippen LogP contribution < -0.4 is 10.1 Å². The molecule has 0 spiro atoms. The van der Waals surface area contributed by atoms with Crippen molar-refractivity contribution in [3.05, 3.63) is 126 Å². The van der Waals surface area contributed by atoms with Crippen molar-refractivity contribution in [2.45, 2.75) is 25.7 Å². The highest BCUT2D eigenvalue weighted by Crippen LogP contribution is 2.27. The van der Waals surface area contributed by atoms with E-state index in [4.69, 9.17) is 4.74 Å². The monoisotopic (exact) mass is 537 g/mol. The number of aromatic nitrogens is 3. The molecule has 0 unspecified atom stereocenters. The molecule has 0 aliphatic rings. The number of rotatable bonds is 10. The first kappa shape index (κ1) is 26.6. The van der Waals surface area contributed by atoms with Gasteiger partial charge in [0.15, 0.2) is 0 Å². The molecule has 5 aromatic rings. The zero-order chi connectivity index (χ0) is 27.9. The molecule has 0 fully saturated rings. The van der Waals surface area contributed by atoms with E-state index in [1.807, 2.05) is 60.7 Å². The molecule has 1 heterocycles. The van der Waals surface area contributed by atoms with Crippen molar-refractivity contribution in [2.24, 2.45) is 0 Å². The van der Waals surface area contributed by atoms with Gasteiger partial charge >= 0.3 is 0 Å². The van der Waals surface area contributed by atoms with Gasteiger partial charge in [0.1, 0.15) is 29.7 Å². The second-order valence-electron chi connectivity index (χ2n) is 9.23. The number of methoxy groups -OCH3 is 1. The van der Waals surface area contributed by atoms with Gasteiger partial charge in [-0.1, -0.05) is 78.0 Å². The van der Waals surface area contributed by atoms with E-state index in [0.717, 1.165) is 11.1 Å². The van der Waals surface area contributed by atoms with Crippen LogP contribution in [0.3, 0.4) is 0 Å². The predicted octanol–water partition coefficient (Wildman–Crippen LogP) is 4.67. The van der Waals surface area contributed by atoms with Crippen molar-refractivity contribution in [3.63, 3.8) is 0 Å². The van der Waals surface area contributed by atoms with Gasteiger partial charge in [0.25, 0.3) is 0 Å². The fraction of sp³-hybridized carbons (Fsp3) is 0.161. The molecule has 8 nitrogen and oxygen atoms in total. The van der Waals surface area contributed by atoms with Gasteiger partial charge in [-0.15, -0.1) is 5.10 Å². The average molecular weight is 538 g/mol. The van der Waals surface area contributed by atoms with Gasteiger partial charge < -0.3 is 15.0 Å². The molecule has 1 atom stereocenters. The maximum absolute atomic E-state index is 15.2. The van der Waals surface area contributed by atoms with Gasteiger partial charge in [0, 0.05) is 18.7 Å². The number of hydrogen-bond acceptors (Lipinski definition) is 5. The molecule has 0 saturated carbocycles. The minimum Gasteiger partial charge on any atom is -0.497 e. The Hall–Kier alpha value is -5.05. The Bertz CT molecular complexity index is 1600. The number of amides is 2. The van der Waals surface area contributed by atoms with Gasteiger partial charge in [-0.3, -0.25) is 9.59 Å². The molecular formula is C31H28FN5O3. The number of halogens is 1. The minimum absolute atomic E-state index is 0.0488. The standard InChI is InChI=1S/C31H28FN5O3/c1-40-24-17-15-23(16-18-24)20-36(29(38)21-37-28-14-8-7-13-27(28)34-35-37)30(25-11-5-6-12-26(25)32)31(39)33-19-22-9-3-2-4-10-22/h2-18,30H,19-21H2,1H3,(H,33,39)/t30-/m1/s1. The normalized spacial score (nSPS) is 11.7. The molecule has 1 N–H and O–H groups in total. The molecule has 40 heavy (non-hydrogen) atoms. The lowest BCUT2D eigenvalue weighted by Crippen LogP contribution is -2.44. The van der Waals surface area contributed by atoms with Gasteiger partial charge in [0.2, 0.25) is 11.8 Å². The van der Waals surface area contributed by atoms with Crippen LogP contribution in [0.5, 0.6) is 5.75 Å². The van der Waals surface area contributed by atoms with Crippen LogP contribution in [-0.4, -0.2) is 38.8 Å². The fourth-order valence-corrected chi connectivity index (χ4v) is 4.53. The molecule has 4 aromatic carbocycles. The Balaban J connectivity index is 1.52. The van der Waals surface area contributed by atoms with Crippen LogP contribution in [0.2, 0.25) is 0 Å². The predicted molar refractivity (Wildman–Crippen MR) is 149 cm³/mol. The van der Waals surface area contributed by atoms with E-state index in [-0.39, 0.29) is 25.2 Å². The summed E-state index contributed by atoms with van der Waals surface area (Å²) in [6.45, 7) is 0.0870. The zero-order valence-corrected chi connectivity index (χ0v) is 21.9. The maximum Gasteiger partial charge on any atom is 0.247 e. The Morgan fingerprint density at radius 1 is 0.900 bits per heavy atom. The van der Waals surface area contributed by atoms with Crippen LogP contribution in [0.4, 0.5) is 4.39 Å². The first-order valence-electron chi connectivity index (χ1n) is 12.8. The number of benzene rings is 4. The SMILES string of the molecule is COc1ccc(CN(C(=O)Cn2nnc3ccccc32)[C@@H](C(=O)NCc2ccccc2)c2ccccc2F)cc1. The average Bonchev–Trinajstić information content (AvgIpc) is 3.40. The number of carbonyl (C=O) groups excluding carboxylic acids is 2. The Labute approximate surface area is 231 Å². The molecule has 0 bridgehead atoms. The molecule has 5 rings (SSSR count). The molecule has 0 aliphatic carbocycles. The summed E-state index contributed by atoms with van der Waals surface area (Å²) in [5.41, 5.74) is 3.04. The lowest BCUT2D eigenvalue weighted by molar-refractivity contribution is -0.142. The minimum atomic E-state index is -1.24. The van der Waals surface area contributed by atoms with Crippen molar-refractivity contribution in [1.82, 2.24) is 25.2 Å². The van der Waals surface area contributed by atoms with E-state index >= 15 is 4.39 Å². The van der Waals surface area contributed by atoms with Crippen LogP contribution in [0.25, 0.3) is 11.0 Å². The summed E-state index contributed by atoms with van der Waals surface area (Å²) in [6.07, 6.45) is 0. The molecule has 0 saturated heterocycles. The van der Waals surface area contributed by atoms with Gasteiger partial charge in [0.05, 0.1) is 12.6 Å². The topological polar surface area (TPSA) is 89.3 Å². The highest BCUT2D eigenvalue weighted by molar-refractivity contribution is 5.89. The smallest absolute Gasteiger partial charge is 0.247 e. The van der Waals surface area contributed by atoms with Crippen LogP contribution in [0, 0.1) is 5.82 Å². The van der Waals surface area contributed by atoms with E-state index in [1.165, 1.54) is 21.7 Å². The lowest BCUT2D eigenvalue weighted by Gasteiger charge is -2.32. The molecule has 1 aromatic heterocycles. The molecule has 202 valence electrons. The highest BCUT2D eigenvalue weighted by atomic mass is 19.1. The zero-order valence-electron chi connectivity index (χ0n) is 21.9. The number of para-hydroxylation sites is 1. The van der Waals surface area contributed by atoms with E-state index in [2.05, 4.69) is 15.6 Å². The quantitative estimate of drug-likeness (QED) is 0.280. The third kappa shape index (κ3) is 5.99. The molecular weight excluding hydrogens is 509 g/mol. The molecule has 0 aliphatic heterocycles. The summed E-state index contributed by atoms with van der Waals surface area (Å²) in [5.74, 6) is -0.850. The Morgan fingerprint density at radius 3 is 2.35 bits per heavy atom. The van der Waals surface area contributed by atoms with Crippen LogP contribution in [-0.2, 0) is 29.2 Å². The first-order chi connectivity index (χ1) is 19.5. The van der Waals surface area contributed by atoms with E-state index in [1.54, 1.807) is 37.4 Å². The number of ether oxygens (including phenoxy) is 1. The number of fused-ring (bicyclic) bond motifs is 1. The van der Waals surface area contributed by atoms with E-state index in [9.17, 15) is 9.59 Å². The van der Waals surface area contributed by atoms with Crippen molar-refractivity contribution < 1.29 is 18.7 Å². The van der Waals surface area contributed by atoms with Crippen LogP contribution in [0.1, 0.15) is 22.7 Å². The van der Waals surface area contributed by atoms with Crippen molar-refractivity contribution >= 4 is 22.8 Å². The summed E-state index contributed by atoms with van der Waals surface area (Å²) in [6, 6.07) is 28.6. The number of hydrogen-bond donors (Lipinski definition) is 1. The summed E-state index contributed by atoms with van der Waals surface area (Å²) in [7, 11) is 1.57. The van der Waals surface area contributed by atoms with Crippen molar-refractivity contribution in [3.8, 4) is 5.75 Å². The second kappa shape index (κ2) is 12.2. The third-order valence-corrected chi connectivity index (χ3v) is 6.61. The number of nitrogens with one attached hydrogen (secondary N) is 1. The lowest BCUT2D eigenvalue weighted by atomic mass is 10.0. The maximum atomic E-state index is 15.2. The molecule has 2 amide bonds. The summed E-state index contributed by atoms with van der Waals surface area (Å²) in [5, 5.41) is 11.2. The summed E-state index contributed by atoms with van der Waals surface area (Å²) < 4.78 is 22.0. The Morgan fingerprint density at radius 2 is 1.60 bits per heavy atom. The number of nitrogens with zero attached hydrogens (tertiary/aromatic N) is 4. The highest BCUT2D eigenvalue weighted by Gasteiger charge is 2.34. The summed E-state index contributed by atoms with van der Waals surface area (Å²) in [4.78, 5) is 29.2. The summed E-state index contributed by atoms with van der Waals surface area (Å²) >= 11 is 0. The van der Waals surface area contributed by atoms with Gasteiger partial charge in [-0.05, 0) is 41.5 Å². The van der Waals surface area contributed by atoms with Gasteiger partial charge in [-0.25, -0.2) is 9.07 Å². The second-order valence-corrected chi connectivity index (χ2v) is 9.23. The fourth-order valence-electron chi connectivity index (χ4n) is 4.53. The largest absolute Gasteiger partial charge is 0.497 e. The van der Waals surface area contributed by atoms with E-state index < -0.39 is 23.7 Å². The first-order valence-corrected chi connectivity index (χ1v) is 12.8.